The first-order valence-electron chi connectivity index (χ1n) is 12.8. The topological polar surface area (TPSA) is 71.8 Å². The zero-order chi connectivity index (χ0) is 27.9. The van der Waals surface area contributed by atoms with Crippen molar-refractivity contribution in [1.29, 1.82) is 0 Å². The number of likely N-dealkylation sites (tertiary alicyclic amines) is 1. The van der Waals surface area contributed by atoms with Gasteiger partial charge in [-0.15, -0.1) is 0 Å². The second-order valence-electron chi connectivity index (χ2n) is 10.8. The van der Waals surface area contributed by atoms with Crippen LogP contribution in [0.4, 0.5) is 13.6 Å². The van der Waals surface area contributed by atoms with Gasteiger partial charge in [-0.05, 0) is 79.3 Å². The van der Waals surface area contributed by atoms with Gasteiger partial charge in [0.05, 0.1) is 19.6 Å². The molecule has 0 aliphatic carbocycles. The Balaban J connectivity index is 1.51. The fourth-order valence-corrected chi connectivity index (χ4v) is 4.59. The predicted octanol–water partition coefficient (Wildman–Crippen LogP) is 4.98. The molecule has 1 aliphatic rings. The molecular formula is C30H29BF2N2O4. The fraction of sp³-hybridized carbons (Fsp3) is 0.267. The fourth-order valence-electron chi connectivity index (χ4n) is 4.59. The number of amides is 2. The number of rotatable bonds is 5. The van der Waals surface area contributed by atoms with Gasteiger partial charge < -0.3 is 19.4 Å². The molecule has 5 rings (SSSR count). The van der Waals surface area contributed by atoms with Gasteiger partial charge in [-0.2, -0.15) is 0 Å². The molecule has 0 spiro atoms. The number of fused-ring (bicyclic) bond motifs is 1. The van der Waals surface area contributed by atoms with E-state index in [2.05, 4.69) is 5.32 Å². The van der Waals surface area contributed by atoms with E-state index in [1.807, 2.05) is 32.1 Å². The van der Waals surface area contributed by atoms with E-state index >= 15 is 0 Å². The van der Waals surface area contributed by atoms with E-state index in [0.29, 0.717) is 16.9 Å². The number of halogens is 2. The quantitative estimate of drug-likeness (QED) is 0.370. The summed E-state index contributed by atoms with van der Waals surface area (Å²) in [5, 5.41) is 3.59. The minimum atomic E-state index is -0.952. The molecule has 9 heteroatoms. The maximum Gasteiger partial charge on any atom is 0.408 e. The first-order chi connectivity index (χ1) is 18.5. The van der Waals surface area contributed by atoms with Crippen LogP contribution in [0.15, 0.2) is 65.1 Å². The Morgan fingerprint density at radius 2 is 1.67 bits per heavy atom. The Kier molecular flexibility index (Phi) is 6.93. The van der Waals surface area contributed by atoms with Crippen LogP contribution >= 0.6 is 0 Å². The Morgan fingerprint density at radius 1 is 1.03 bits per heavy atom. The maximum absolute atomic E-state index is 13.7. The first-order valence-corrected chi connectivity index (χ1v) is 12.8. The summed E-state index contributed by atoms with van der Waals surface area (Å²) in [6, 6.07) is 17.3. The molecule has 4 aromatic rings. The van der Waals surface area contributed by atoms with E-state index in [-0.39, 0.29) is 31.4 Å². The number of carbonyl (C=O) groups excluding carboxylic acids is 2. The van der Waals surface area contributed by atoms with Crippen LogP contribution < -0.4 is 10.8 Å². The van der Waals surface area contributed by atoms with Gasteiger partial charge in [0.1, 0.15) is 36.8 Å². The summed E-state index contributed by atoms with van der Waals surface area (Å²) in [6.07, 6.45) is -1.50. The standard InChI is InChI=1S/C30H29BF2N2O4/c1-30(2,3)39-29(37)34-14-25-26(31)24-13-20(12-23(27(24)38-25)18-8-10-21(32)11-9-18)17-4-6-19(7-5-17)28(36)35-15-22(33)16-35/h4-13,22H,14-16,31H2,1-3H3,(H,34,37). The van der Waals surface area contributed by atoms with Gasteiger partial charge in [0, 0.05) is 16.5 Å². The molecule has 6 nitrogen and oxygen atoms in total. The van der Waals surface area contributed by atoms with Gasteiger partial charge >= 0.3 is 6.09 Å². The Bertz CT molecular complexity index is 1540. The van der Waals surface area contributed by atoms with Crippen LogP contribution in [-0.2, 0) is 11.3 Å². The molecule has 2 heterocycles. The molecule has 39 heavy (non-hydrogen) atoms. The van der Waals surface area contributed by atoms with Crippen molar-refractivity contribution >= 4 is 36.3 Å². The number of furan rings is 1. The number of carbonyl (C=O) groups is 2. The SMILES string of the molecule is Bc1c(CNC(=O)OC(C)(C)C)oc2c(-c3ccc(F)cc3)cc(-c3ccc(C(=O)N4CC(F)C4)cc3)cc12. The molecule has 200 valence electrons. The summed E-state index contributed by atoms with van der Waals surface area (Å²) >= 11 is 0. The molecule has 1 fully saturated rings. The molecule has 1 saturated heterocycles. The van der Waals surface area contributed by atoms with Crippen LogP contribution in [0.1, 0.15) is 36.9 Å². The number of hydrogen-bond acceptors (Lipinski definition) is 4. The molecule has 0 radical (unpaired) electrons. The van der Waals surface area contributed by atoms with Crippen LogP contribution in [0.25, 0.3) is 33.2 Å². The van der Waals surface area contributed by atoms with Crippen molar-refractivity contribution in [3.63, 3.8) is 0 Å². The summed E-state index contributed by atoms with van der Waals surface area (Å²) < 4.78 is 38.5. The van der Waals surface area contributed by atoms with Crippen molar-refractivity contribution in [2.24, 2.45) is 0 Å². The molecule has 1 aromatic heterocycles. The average Bonchev–Trinajstić information content (AvgIpc) is 3.19. The number of ether oxygens (including phenoxy) is 1. The van der Waals surface area contributed by atoms with Crippen LogP contribution in [-0.4, -0.2) is 49.6 Å². The van der Waals surface area contributed by atoms with Crippen molar-refractivity contribution in [1.82, 2.24) is 10.2 Å². The van der Waals surface area contributed by atoms with Crippen molar-refractivity contribution in [3.05, 3.63) is 77.8 Å². The summed E-state index contributed by atoms with van der Waals surface area (Å²) in [5.41, 5.74) is 4.65. The Hall–Kier alpha value is -4.14. The second-order valence-corrected chi connectivity index (χ2v) is 10.8. The smallest absolute Gasteiger partial charge is 0.408 e. The minimum Gasteiger partial charge on any atom is -0.459 e. The molecule has 0 saturated carbocycles. The lowest BCUT2D eigenvalue weighted by molar-refractivity contribution is 0.0400. The van der Waals surface area contributed by atoms with Crippen LogP contribution in [0.3, 0.4) is 0 Å². The lowest BCUT2D eigenvalue weighted by Crippen LogP contribution is -2.51. The van der Waals surface area contributed by atoms with Crippen LogP contribution in [0, 0.1) is 5.82 Å². The summed E-state index contributed by atoms with van der Waals surface area (Å²) in [7, 11) is 1.92. The molecule has 3 aromatic carbocycles. The lowest BCUT2D eigenvalue weighted by Gasteiger charge is -2.34. The molecule has 0 bridgehead atoms. The van der Waals surface area contributed by atoms with E-state index in [9.17, 15) is 18.4 Å². The van der Waals surface area contributed by atoms with Gasteiger partial charge in [-0.3, -0.25) is 4.79 Å². The molecule has 1 N–H and O–H groups in total. The highest BCUT2D eigenvalue weighted by molar-refractivity contribution is 6.40. The van der Waals surface area contributed by atoms with E-state index in [0.717, 1.165) is 33.1 Å². The zero-order valence-corrected chi connectivity index (χ0v) is 22.3. The monoisotopic (exact) mass is 530 g/mol. The highest BCUT2D eigenvalue weighted by Crippen LogP contribution is 2.35. The third kappa shape index (κ3) is 5.67. The molecule has 1 aliphatic heterocycles. The van der Waals surface area contributed by atoms with E-state index in [1.54, 1.807) is 45.0 Å². The normalized spacial score (nSPS) is 13.8. The van der Waals surface area contributed by atoms with Gasteiger partial charge in [0.25, 0.3) is 5.91 Å². The second kappa shape index (κ2) is 10.2. The van der Waals surface area contributed by atoms with E-state index in [1.165, 1.54) is 17.0 Å². The maximum atomic E-state index is 13.7. The predicted molar refractivity (Wildman–Crippen MR) is 149 cm³/mol. The number of nitrogens with zero attached hydrogens (tertiary/aromatic N) is 1. The highest BCUT2D eigenvalue weighted by atomic mass is 19.1. The van der Waals surface area contributed by atoms with Crippen molar-refractivity contribution in [3.8, 4) is 22.3 Å². The van der Waals surface area contributed by atoms with Crippen molar-refractivity contribution in [2.45, 2.75) is 39.1 Å². The highest BCUT2D eigenvalue weighted by Gasteiger charge is 2.31. The van der Waals surface area contributed by atoms with Crippen molar-refractivity contribution in [2.75, 3.05) is 13.1 Å². The minimum absolute atomic E-state index is 0.128. The Morgan fingerprint density at radius 3 is 2.28 bits per heavy atom. The number of alkyl halides is 1. The third-order valence-corrected chi connectivity index (χ3v) is 6.67. The third-order valence-electron chi connectivity index (χ3n) is 6.67. The van der Waals surface area contributed by atoms with E-state index in [4.69, 9.17) is 9.15 Å². The Labute approximate surface area is 226 Å². The average molecular weight is 530 g/mol. The molecule has 2 amide bonds. The number of alkyl carbamates (subject to hydrolysis) is 1. The molecule has 0 atom stereocenters. The van der Waals surface area contributed by atoms with Crippen LogP contribution in [0.2, 0.25) is 0 Å². The number of hydrogen-bond donors (Lipinski definition) is 1. The van der Waals surface area contributed by atoms with E-state index < -0.39 is 17.9 Å². The van der Waals surface area contributed by atoms with Gasteiger partial charge in [0.15, 0.2) is 0 Å². The lowest BCUT2D eigenvalue weighted by atomic mass is 9.88. The van der Waals surface area contributed by atoms with Crippen molar-refractivity contribution < 1.29 is 27.5 Å². The summed E-state index contributed by atoms with van der Waals surface area (Å²) in [6.45, 7) is 5.78. The zero-order valence-electron chi connectivity index (χ0n) is 22.3. The first kappa shape index (κ1) is 26.5. The van der Waals surface area contributed by atoms with Gasteiger partial charge in [-0.25, -0.2) is 13.6 Å². The molecule has 0 unspecified atom stereocenters. The number of benzene rings is 3. The molecular weight excluding hydrogens is 501 g/mol. The van der Waals surface area contributed by atoms with Crippen LogP contribution in [0.5, 0.6) is 0 Å². The summed E-state index contributed by atoms with van der Waals surface area (Å²) in [5.74, 6) is 0.0503. The number of nitrogens with one attached hydrogen (secondary N) is 1. The largest absolute Gasteiger partial charge is 0.459 e. The van der Waals surface area contributed by atoms with Gasteiger partial charge in [0.2, 0.25) is 0 Å². The summed E-state index contributed by atoms with van der Waals surface area (Å²) in [4.78, 5) is 26.3. The van der Waals surface area contributed by atoms with Gasteiger partial charge in [-0.1, -0.05) is 24.3 Å².